The zero-order chi connectivity index (χ0) is 18.3. The summed E-state index contributed by atoms with van der Waals surface area (Å²) >= 11 is 0. The SMILES string of the molecule is Cc1nn(C(C)C(=O)NCc2ccccn2)c(=O)c2cc3occc3n12. The molecule has 0 bridgehead atoms. The molecule has 1 atom stereocenters. The van der Waals surface area contributed by atoms with Crippen LogP contribution in [0.3, 0.4) is 0 Å². The van der Waals surface area contributed by atoms with Crippen LogP contribution in [-0.4, -0.2) is 25.1 Å². The van der Waals surface area contributed by atoms with E-state index < -0.39 is 6.04 Å². The molecule has 4 heterocycles. The van der Waals surface area contributed by atoms with Crippen LogP contribution in [0.25, 0.3) is 16.6 Å². The van der Waals surface area contributed by atoms with E-state index in [0.29, 0.717) is 16.9 Å². The lowest BCUT2D eigenvalue weighted by atomic mass is 10.3. The van der Waals surface area contributed by atoms with Gasteiger partial charge in [0.2, 0.25) is 5.91 Å². The van der Waals surface area contributed by atoms with Crippen LogP contribution < -0.4 is 10.9 Å². The molecule has 1 N–H and O–H groups in total. The number of pyridine rings is 1. The Balaban J connectivity index is 1.66. The van der Waals surface area contributed by atoms with E-state index in [0.717, 1.165) is 11.2 Å². The van der Waals surface area contributed by atoms with E-state index in [1.165, 1.54) is 4.68 Å². The average Bonchev–Trinajstić information content (AvgIpc) is 3.24. The van der Waals surface area contributed by atoms with Crippen molar-refractivity contribution < 1.29 is 9.21 Å². The predicted molar refractivity (Wildman–Crippen MR) is 94.8 cm³/mol. The second kappa shape index (κ2) is 6.14. The monoisotopic (exact) mass is 351 g/mol. The highest BCUT2D eigenvalue weighted by Gasteiger charge is 2.21. The highest BCUT2D eigenvalue weighted by atomic mass is 16.3. The van der Waals surface area contributed by atoms with Gasteiger partial charge >= 0.3 is 0 Å². The van der Waals surface area contributed by atoms with Crippen LogP contribution in [0, 0.1) is 6.92 Å². The van der Waals surface area contributed by atoms with E-state index >= 15 is 0 Å². The van der Waals surface area contributed by atoms with Crippen molar-refractivity contribution in [1.29, 1.82) is 0 Å². The molecule has 26 heavy (non-hydrogen) atoms. The van der Waals surface area contributed by atoms with Crippen molar-refractivity contribution in [1.82, 2.24) is 24.5 Å². The molecular weight excluding hydrogens is 334 g/mol. The third kappa shape index (κ3) is 2.55. The van der Waals surface area contributed by atoms with E-state index in [4.69, 9.17) is 4.42 Å². The lowest BCUT2D eigenvalue weighted by Gasteiger charge is -2.15. The first kappa shape index (κ1) is 16.1. The Kier molecular flexibility index (Phi) is 3.80. The first-order valence-corrected chi connectivity index (χ1v) is 8.22. The molecule has 0 radical (unpaired) electrons. The quantitative estimate of drug-likeness (QED) is 0.605. The third-order valence-corrected chi connectivity index (χ3v) is 4.34. The Bertz CT molecular complexity index is 1160. The normalized spacial score (nSPS) is 12.5. The first-order chi connectivity index (χ1) is 12.6. The number of furan rings is 1. The summed E-state index contributed by atoms with van der Waals surface area (Å²) in [5.41, 5.74) is 2.21. The molecule has 132 valence electrons. The van der Waals surface area contributed by atoms with Crippen LogP contribution in [0.5, 0.6) is 0 Å². The number of hydrogen-bond donors (Lipinski definition) is 1. The maximum atomic E-state index is 12.8. The molecule has 8 heteroatoms. The zero-order valence-electron chi connectivity index (χ0n) is 14.3. The van der Waals surface area contributed by atoms with E-state index in [2.05, 4.69) is 15.4 Å². The largest absolute Gasteiger partial charge is 0.463 e. The molecule has 1 unspecified atom stereocenters. The number of carbonyl (C=O) groups is 1. The van der Waals surface area contributed by atoms with Crippen molar-refractivity contribution in [3.8, 4) is 0 Å². The Morgan fingerprint density at radius 1 is 1.31 bits per heavy atom. The van der Waals surface area contributed by atoms with Gasteiger partial charge in [-0.05, 0) is 26.0 Å². The standard InChI is InChI=1S/C18H17N5O3/c1-11(17(24)20-10-13-5-3-4-7-19-13)23-18(25)15-9-16-14(6-8-26-16)22(15)12(2)21-23/h3-9,11H,10H2,1-2H3,(H,20,24). The maximum absolute atomic E-state index is 12.8. The summed E-state index contributed by atoms with van der Waals surface area (Å²) in [5, 5.41) is 7.11. The lowest BCUT2D eigenvalue weighted by Crippen LogP contribution is -2.38. The van der Waals surface area contributed by atoms with Gasteiger partial charge in [0.25, 0.3) is 5.56 Å². The van der Waals surface area contributed by atoms with Crippen LogP contribution in [0.15, 0.2) is 52.0 Å². The van der Waals surface area contributed by atoms with Crippen LogP contribution in [0.2, 0.25) is 0 Å². The number of nitrogens with one attached hydrogen (secondary N) is 1. The molecule has 0 saturated carbocycles. The minimum Gasteiger partial charge on any atom is -0.463 e. The number of rotatable bonds is 4. The van der Waals surface area contributed by atoms with Crippen molar-refractivity contribution in [2.75, 3.05) is 0 Å². The highest BCUT2D eigenvalue weighted by molar-refractivity contribution is 5.83. The fourth-order valence-electron chi connectivity index (χ4n) is 3.00. The van der Waals surface area contributed by atoms with E-state index in [1.807, 2.05) is 18.2 Å². The molecule has 1 amide bonds. The molecule has 0 aliphatic heterocycles. The molecule has 0 aliphatic carbocycles. The summed E-state index contributed by atoms with van der Waals surface area (Å²) in [6, 6.07) is 8.18. The van der Waals surface area contributed by atoms with Crippen molar-refractivity contribution >= 4 is 22.5 Å². The maximum Gasteiger partial charge on any atom is 0.291 e. The summed E-state index contributed by atoms with van der Waals surface area (Å²) in [6.07, 6.45) is 3.23. The van der Waals surface area contributed by atoms with Gasteiger partial charge in [0, 0.05) is 18.3 Å². The third-order valence-electron chi connectivity index (χ3n) is 4.34. The highest BCUT2D eigenvalue weighted by Crippen LogP contribution is 2.20. The Labute approximate surface area is 148 Å². The molecular formula is C18H17N5O3. The van der Waals surface area contributed by atoms with Crippen LogP contribution >= 0.6 is 0 Å². The van der Waals surface area contributed by atoms with Crippen LogP contribution in [0.4, 0.5) is 0 Å². The van der Waals surface area contributed by atoms with Crippen LogP contribution in [-0.2, 0) is 11.3 Å². The molecule has 0 fully saturated rings. The number of hydrogen-bond acceptors (Lipinski definition) is 5. The van der Waals surface area contributed by atoms with Gasteiger partial charge in [-0.3, -0.25) is 19.0 Å². The number of aryl methyl sites for hydroxylation is 1. The summed E-state index contributed by atoms with van der Waals surface area (Å²) in [6.45, 7) is 3.72. The number of carbonyl (C=O) groups excluding carboxylic acids is 1. The molecule has 0 aliphatic rings. The minimum atomic E-state index is -0.754. The zero-order valence-corrected chi connectivity index (χ0v) is 14.3. The molecule has 0 spiro atoms. The fraction of sp³-hybridized carbons (Fsp3) is 0.222. The predicted octanol–water partition coefficient (Wildman–Crippen LogP) is 1.82. The van der Waals surface area contributed by atoms with Crippen molar-refractivity contribution in [3.05, 3.63) is 64.7 Å². The van der Waals surface area contributed by atoms with Gasteiger partial charge in [-0.15, -0.1) is 0 Å². The molecule has 4 aromatic heterocycles. The van der Waals surface area contributed by atoms with Gasteiger partial charge in [-0.25, -0.2) is 4.68 Å². The minimum absolute atomic E-state index is 0.290. The number of aromatic nitrogens is 4. The summed E-state index contributed by atoms with van der Waals surface area (Å²) in [7, 11) is 0. The fourth-order valence-corrected chi connectivity index (χ4v) is 3.00. The molecule has 4 rings (SSSR count). The topological polar surface area (TPSA) is 94.4 Å². The lowest BCUT2D eigenvalue weighted by molar-refractivity contribution is -0.124. The first-order valence-electron chi connectivity index (χ1n) is 8.22. The van der Waals surface area contributed by atoms with Gasteiger partial charge in [-0.1, -0.05) is 6.07 Å². The van der Waals surface area contributed by atoms with Gasteiger partial charge in [-0.2, -0.15) is 5.10 Å². The van der Waals surface area contributed by atoms with Crippen molar-refractivity contribution in [2.24, 2.45) is 0 Å². The number of nitrogens with zero attached hydrogens (tertiary/aromatic N) is 4. The molecule has 0 saturated heterocycles. The second-order valence-corrected chi connectivity index (χ2v) is 6.05. The van der Waals surface area contributed by atoms with Crippen molar-refractivity contribution in [3.63, 3.8) is 0 Å². The Hall–Kier alpha value is -3.42. The summed E-state index contributed by atoms with van der Waals surface area (Å²) < 4.78 is 8.30. The second-order valence-electron chi connectivity index (χ2n) is 6.05. The summed E-state index contributed by atoms with van der Waals surface area (Å²) in [4.78, 5) is 29.4. The van der Waals surface area contributed by atoms with E-state index in [1.54, 1.807) is 42.8 Å². The Morgan fingerprint density at radius 2 is 2.15 bits per heavy atom. The van der Waals surface area contributed by atoms with Gasteiger partial charge < -0.3 is 9.73 Å². The van der Waals surface area contributed by atoms with Gasteiger partial charge in [0.05, 0.1) is 24.0 Å². The molecule has 4 aromatic rings. The van der Waals surface area contributed by atoms with Gasteiger partial charge in [0.1, 0.15) is 17.4 Å². The van der Waals surface area contributed by atoms with Crippen molar-refractivity contribution in [2.45, 2.75) is 26.4 Å². The Morgan fingerprint density at radius 3 is 2.92 bits per heavy atom. The number of fused-ring (bicyclic) bond motifs is 3. The smallest absolute Gasteiger partial charge is 0.291 e. The summed E-state index contributed by atoms with van der Waals surface area (Å²) in [5.74, 6) is 0.296. The van der Waals surface area contributed by atoms with E-state index in [-0.39, 0.29) is 18.0 Å². The number of amides is 1. The van der Waals surface area contributed by atoms with Gasteiger partial charge in [0.15, 0.2) is 5.58 Å². The molecule has 0 aromatic carbocycles. The van der Waals surface area contributed by atoms with Crippen LogP contribution in [0.1, 0.15) is 24.5 Å². The average molecular weight is 351 g/mol. The van der Waals surface area contributed by atoms with E-state index in [9.17, 15) is 9.59 Å². The molecule has 8 nitrogen and oxygen atoms in total.